The van der Waals surface area contributed by atoms with E-state index in [4.69, 9.17) is 9.97 Å². The minimum absolute atomic E-state index is 0.478. The Morgan fingerprint density at radius 1 is 1.12 bits per heavy atom. The molecule has 0 amide bonds. The average Bonchev–Trinajstić information content (AvgIpc) is 3.24. The molecule has 0 unspecified atom stereocenters. The van der Waals surface area contributed by atoms with Crippen molar-refractivity contribution in [2.24, 2.45) is 0 Å². The number of pyridine rings is 1. The van der Waals surface area contributed by atoms with Crippen LogP contribution >= 0.6 is 0 Å². The lowest BCUT2D eigenvalue weighted by Gasteiger charge is -2.35. The van der Waals surface area contributed by atoms with Gasteiger partial charge in [0.15, 0.2) is 0 Å². The number of fused-ring (bicyclic) bond motifs is 4. The Bertz CT molecular complexity index is 726. The second-order valence-electron chi connectivity index (χ2n) is 7.25. The van der Waals surface area contributed by atoms with Crippen LogP contribution in [0.2, 0.25) is 0 Å². The van der Waals surface area contributed by atoms with Gasteiger partial charge >= 0.3 is 0 Å². The summed E-state index contributed by atoms with van der Waals surface area (Å²) >= 11 is 0. The number of nitrogens with zero attached hydrogens (tertiary/aromatic N) is 5. The van der Waals surface area contributed by atoms with E-state index in [9.17, 15) is 0 Å². The van der Waals surface area contributed by atoms with Crippen LogP contribution in [0.5, 0.6) is 0 Å². The molecule has 0 spiro atoms. The molecule has 5 heterocycles. The zero-order valence-electron chi connectivity index (χ0n) is 13.9. The van der Waals surface area contributed by atoms with Crippen molar-refractivity contribution in [3.05, 3.63) is 47.5 Å². The molecule has 0 radical (unpaired) electrons. The Hall–Kier alpha value is -2.01. The van der Waals surface area contributed by atoms with Gasteiger partial charge in [-0.1, -0.05) is 6.07 Å². The largest absolute Gasteiger partial charge is 0.341 e. The molecule has 2 aromatic heterocycles. The van der Waals surface area contributed by atoms with Gasteiger partial charge in [0.2, 0.25) is 5.95 Å². The molecule has 3 aliphatic heterocycles. The number of aromatic nitrogens is 3. The van der Waals surface area contributed by atoms with Crippen LogP contribution in [0.3, 0.4) is 0 Å². The third-order valence-corrected chi connectivity index (χ3v) is 5.79. The van der Waals surface area contributed by atoms with Gasteiger partial charge in [0.1, 0.15) is 0 Å². The predicted molar refractivity (Wildman–Crippen MR) is 92.7 cm³/mol. The molecule has 3 aliphatic rings. The molecule has 0 N–H and O–H groups in total. The van der Waals surface area contributed by atoms with E-state index in [2.05, 4.69) is 27.0 Å². The third-order valence-electron chi connectivity index (χ3n) is 5.79. The second kappa shape index (κ2) is 5.81. The molecule has 24 heavy (non-hydrogen) atoms. The van der Waals surface area contributed by atoms with Crippen molar-refractivity contribution >= 4 is 5.95 Å². The first-order valence-electron chi connectivity index (χ1n) is 9.14. The molecule has 2 saturated heterocycles. The van der Waals surface area contributed by atoms with Crippen LogP contribution < -0.4 is 4.90 Å². The summed E-state index contributed by atoms with van der Waals surface area (Å²) in [4.78, 5) is 18.9. The standard InChI is InChI=1S/C19H23N5/c1-2-9-23(8-1)19-21-12-16-17(22-19)10-15-5-6-18(16)24(15)13-14-4-3-7-20-11-14/h3-4,7,11-12,15,18H,1-2,5-6,8-10,13H2/t15-,18-/m1/s1. The summed E-state index contributed by atoms with van der Waals surface area (Å²) in [6, 6.07) is 5.30. The van der Waals surface area contributed by atoms with E-state index >= 15 is 0 Å². The van der Waals surface area contributed by atoms with Gasteiger partial charge < -0.3 is 4.90 Å². The van der Waals surface area contributed by atoms with Crippen LogP contribution in [-0.2, 0) is 13.0 Å². The van der Waals surface area contributed by atoms with Gasteiger partial charge in [-0.2, -0.15) is 0 Å². The van der Waals surface area contributed by atoms with Gasteiger partial charge in [-0.3, -0.25) is 9.88 Å². The summed E-state index contributed by atoms with van der Waals surface area (Å²) in [6.45, 7) is 3.20. The first-order chi connectivity index (χ1) is 11.9. The highest BCUT2D eigenvalue weighted by Gasteiger charge is 2.40. The highest BCUT2D eigenvalue weighted by Crippen LogP contribution is 2.44. The van der Waals surface area contributed by atoms with Crippen LogP contribution in [0.4, 0.5) is 5.95 Å². The summed E-state index contributed by atoms with van der Waals surface area (Å²) in [6.07, 6.45) is 12.0. The lowest BCUT2D eigenvalue weighted by Crippen LogP contribution is -2.38. The monoisotopic (exact) mass is 321 g/mol. The fourth-order valence-electron chi connectivity index (χ4n) is 4.58. The number of hydrogen-bond acceptors (Lipinski definition) is 5. The van der Waals surface area contributed by atoms with Gasteiger partial charge in [0, 0.05) is 62.3 Å². The van der Waals surface area contributed by atoms with Crippen molar-refractivity contribution in [3.8, 4) is 0 Å². The molecular formula is C19H23N5. The van der Waals surface area contributed by atoms with Crippen LogP contribution in [-0.4, -0.2) is 39.0 Å². The SMILES string of the molecule is c1cncc(CN2[C@@H]3CC[C@@H]2c2cnc(N4CCCC4)nc2C3)c1. The molecule has 124 valence electrons. The van der Waals surface area contributed by atoms with E-state index in [1.54, 1.807) is 0 Å². The maximum absolute atomic E-state index is 4.95. The smallest absolute Gasteiger partial charge is 0.225 e. The normalized spacial score (nSPS) is 25.9. The van der Waals surface area contributed by atoms with E-state index < -0.39 is 0 Å². The summed E-state index contributed by atoms with van der Waals surface area (Å²) in [5.74, 6) is 0.950. The first-order valence-corrected chi connectivity index (χ1v) is 9.14. The average molecular weight is 321 g/mol. The van der Waals surface area contributed by atoms with Crippen molar-refractivity contribution in [2.75, 3.05) is 18.0 Å². The minimum atomic E-state index is 0.478. The lowest BCUT2D eigenvalue weighted by atomic mass is 9.98. The van der Waals surface area contributed by atoms with E-state index in [1.165, 1.54) is 42.5 Å². The molecule has 5 heteroatoms. The van der Waals surface area contributed by atoms with Crippen LogP contribution in [0, 0.1) is 0 Å². The number of anilines is 1. The molecular weight excluding hydrogens is 298 g/mol. The molecule has 2 atom stereocenters. The minimum Gasteiger partial charge on any atom is -0.341 e. The quantitative estimate of drug-likeness (QED) is 0.870. The van der Waals surface area contributed by atoms with Crippen LogP contribution in [0.25, 0.3) is 0 Å². The van der Waals surface area contributed by atoms with Gasteiger partial charge in [0.05, 0.1) is 5.69 Å². The molecule has 5 nitrogen and oxygen atoms in total. The Labute approximate surface area is 142 Å². The molecule has 2 fully saturated rings. The molecule has 0 saturated carbocycles. The molecule has 0 aliphatic carbocycles. The zero-order chi connectivity index (χ0) is 15.9. The van der Waals surface area contributed by atoms with Gasteiger partial charge in [-0.25, -0.2) is 9.97 Å². The zero-order valence-corrected chi connectivity index (χ0v) is 13.9. The highest BCUT2D eigenvalue weighted by atomic mass is 15.3. The lowest BCUT2D eigenvalue weighted by molar-refractivity contribution is 0.166. The van der Waals surface area contributed by atoms with E-state index in [-0.39, 0.29) is 0 Å². The van der Waals surface area contributed by atoms with E-state index in [1.807, 2.05) is 18.5 Å². The van der Waals surface area contributed by atoms with E-state index in [0.717, 1.165) is 32.0 Å². The fourth-order valence-corrected chi connectivity index (χ4v) is 4.58. The number of rotatable bonds is 3. The molecule has 5 rings (SSSR count). The third kappa shape index (κ3) is 2.38. The van der Waals surface area contributed by atoms with Crippen molar-refractivity contribution in [3.63, 3.8) is 0 Å². The maximum atomic E-state index is 4.95. The summed E-state index contributed by atoms with van der Waals surface area (Å²) in [5, 5.41) is 0. The second-order valence-corrected chi connectivity index (χ2v) is 7.25. The predicted octanol–water partition coefficient (Wildman–Crippen LogP) is 2.73. The molecule has 2 bridgehead atoms. The van der Waals surface area contributed by atoms with Gasteiger partial charge in [-0.15, -0.1) is 0 Å². The molecule has 0 aromatic carbocycles. The van der Waals surface area contributed by atoms with Crippen LogP contribution in [0.1, 0.15) is 48.5 Å². The Kier molecular flexibility index (Phi) is 3.47. The maximum Gasteiger partial charge on any atom is 0.225 e. The topological polar surface area (TPSA) is 45.2 Å². The van der Waals surface area contributed by atoms with Gasteiger partial charge in [-0.05, 0) is 37.3 Å². The van der Waals surface area contributed by atoms with E-state index in [0.29, 0.717) is 12.1 Å². The van der Waals surface area contributed by atoms with Crippen molar-refractivity contribution in [1.29, 1.82) is 0 Å². The van der Waals surface area contributed by atoms with Crippen LogP contribution in [0.15, 0.2) is 30.7 Å². The Balaban J connectivity index is 1.42. The summed E-state index contributed by atoms with van der Waals surface area (Å²) < 4.78 is 0. The summed E-state index contributed by atoms with van der Waals surface area (Å²) in [7, 11) is 0. The number of hydrogen-bond donors (Lipinski definition) is 0. The summed E-state index contributed by atoms with van der Waals surface area (Å²) in [5.41, 5.74) is 3.95. The van der Waals surface area contributed by atoms with Gasteiger partial charge in [0.25, 0.3) is 0 Å². The van der Waals surface area contributed by atoms with Crippen molar-refractivity contribution < 1.29 is 0 Å². The molecule has 2 aromatic rings. The van der Waals surface area contributed by atoms with Crippen molar-refractivity contribution in [2.45, 2.75) is 50.7 Å². The van der Waals surface area contributed by atoms with Crippen molar-refractivity contribution in [1.82, 2.24) is 19.9 Å². The first kappa shape index (κ1) is 14.3. The Morgan fingerprint density at radius 3 is 2.88 bits per heavy atom. The highest BCUT2D eigenvalue weighted by molar-refractivity contribution is 5.38. The fraction of sp³-hybridized carbons (Fsp3) is 0.526. The Morgan fingerprint density at radius 2 is 2.04 bits per heavy atom.